The van der Waals surface area contributed by atoms with Gasteiger partial charge in [0, 0.05) is 24.8 Å². The molecular formula is C12H12F3N3. The molecule has 1 N–H and O–H groups in total. The molecule has 0 spiro atoms. The standard InChI is InChI=1S/C12H12F3N3/c1-2-18-7-8(6-17-18)5-16-10-4-3-9(13)11(14)12(10)15/h3-4,6-7,16H,2,5H2,1H3. The molecule has 0 radical (unpaired) electrons. The number of nitrogens with one attached hydrogen (secondary N) is 1. The van der Waals surface area contributed by atoms with E-state index in [0.717, 1.165) is 24.2 Å². The molecule has 6 heteroatoms. The van der Waals surface area contributed by atoms with Crippen molar-refractivity contribution in [2.45, 2.75) is 20.0 Å². The molecule has 18 heavy (non-hydrogen) atoms. The second-order valence-electron chi connectivity index (χ2n) is 3.78. The van der Waals surface area contributed by atoms with Crippen molar-refractivity contribution >= 4 is 5.69 Å². The van der Waals surface area contributed by atoms with E-state index in [1.807, 2.05) is 6.92 Å². The predicted molar refractivity (Wildman–Crippen MR) is 61.5 cm³/mol. The van der Waals surface area contributed by atoms with E-state index in [-0.39, 0.29) is 5.69 Å². The highest BCUT2D eigenvalue weighted by Gasteiger charge is 2.12. The smallest absolute Gasteiger partial charge is 0.196 e. The molecule has 0 saturated heterocycles. The van der Waals surface area contributed by atoms with E-state index in [4.69, 9.17) is 0 Å². The average Bonchev–Trinajstić information content (AvgIpc) is 2.83. The first-order valence-corrected chi connectivity index (χ1v) is 5.50. The molecule has 3 nitrogen and oxygen atoms in total. The number of halogens is 3. The summed E-state index contributed by atoms with van der Waals surface area (Å²) >= 11 is 0. The van der Waals surface area contributed by atoms with E-state index < -0.39 is 17.5 Å². The number of hydrogen-bond acceptors (Lipinski definition) is 2. The molecule has 0 saturated carbocycles. The number of benzene rings is 1. The monoisotopic (exact) mass is 255 g/mol. The fourth-order valence-electron chi connectivity index (χ4n) is 1.53. The Morgan fingerprint density at radius 2 is 2.00 bits per heavy atom. The van der Waals surface area contributed by atoms with Gasteiger partial charge in [0.1, 0.15) is 0 Å². The number of aromatic nitrogens is 2. The molecule has 96 valence electrons. The van der Waals surface area contributed by atoms with Crippen LogP contribution in [-0.2, 0) is 13.1 Å². The van der Waals surface area contributed by atoms with Gasteiger partial charge in [-0.3, -0.25) is 4.68 Å². The SMILES string of the molecule is CCn1cc(CNc2ccc(F)c(F)c2F)cn1. The molecule has 0 aliphatic carbocycles. The van der Waals surface area contributed by atoms with Crippen LogP contribution >= 0.6 is 0 Å². The summed E-state index contributed by atoms with van der Waals surface area (Å²) in [4.78, 5) is 0. The second-order valence-corrected chi connectivity index (χ2v) is 3.78. The van der Waals surface area contributed by atoms with Gasteiger partial charge in [-0.25, -0.2) is 13.2 Å². The number of hydrogen-bond donors (Lipinski definition) is 1. The van der Waals surface area contributed by atoms with Crippen LogP contribution in [0.15, 0.2) is 24.5 Å². The summed E-state index contributed by atoms with van der Waals surface area (Å²) < 4.78 is 40.7. The number of nitrogens with zero attached hydrogens (tertiary/aromatic N) is 2. The van der Waals surface area contributed by atoms with Crippen LogP contribution < -0.4 is 5.32 Å². The van der Waals surface area contributed by atoms with E-state index in [0.29, 0.717) is 6.54 Å². The Balaban J connectivity index is 2.08. The Morgan fingerprint density at radius 3 is 2.67 bits per heavy atom. The highest BCUT2D eigenvalue weighted by atomic mass is 19.2. The minimum Gasteiger partial charge on any atom is -0.378 e. The van der Waals surface area contributed by atoms with Crippen molar-refractivity contribution < 1.29 is 13.2 Å². The highest BCUT2D eigenvalue weighted by Crippen LogP contribution is 2.20. The first kappa shape index (κ1) is 12.5. The maximum Gasteiger partial charge on any atom is 0.196 e. The lowest BCUT2D eigenvalue weighted by Gasteiger charge is -2.06. The number of aryl methyl sites for hydroxylation is 1. The largest absolute Gasteiger partial charge is 0.378 e. The maximum atomic E-state index is 13.3. The quantitative estimate of drug-likeness (QED) is 0.851. The molecule has 2 aromatic rings. The number of anilines is 1. The Bertz CT molecular complexity index is 551. The third kappa shape index (κ3) is 2.47. The summed E-state index contributed by atoms with van der Waals surface area (Å²) in [5, 5.41) is 6.75. The Hall–Kier alpha value is -1.98. The first-order chi connectivity index (χ1) is 8.61. The van der Waals surface area contributed by atoms with Gasteiger partial charge < -0.3 is 5.32 Å². The molecule has 2 rings (SSSR count). The molecule has 0 aliphatic rings. The maximum absolute atomic E-state index is 13.3. The van der Waals surface area contributed by atoms with E-state index >= 15 is 0 Å². The molecule has 1 heterocycles. The van der Waals surface area contributed by atoms with Crippen molar-refractivity contribution in [2.75, 3.05) is 5.32 Å². The molecule has 0 bridgehead atoms. The first-order valence-electron chi connectivity index (χ1n) is 5.50. The van der Waals surface area contributed by atoms with Gasteiger partial charge >= 0.3 is 0 Å². The van der Waals surface area contributed by atoms with E-state index in [1.165, 1.54) is 0 Å². The molecule has 1 aromatic heterocycles. The van der Waals surface area contributed by atoms with E-state index in [1.54, 1.807) is 17.1 Å². The van der Waals surface area contributed by atoms with Gasteiger partial charge in [0.25, 0.3) is 0 Å². The molecule has 0 amide bonds. The predicted octanol–water partition coefficient (Wildman–Crippen LogP) is 2.93. The van der Waals surface area contributed by atoms with Crippen molar-refractivity contribution in [3.63, 3.8) is 0 Å². The summed E-state index contributed by atoms with van der Waals surface area (Å²) in [6, 6.07) is 2.05. The zero-order valence-corrected chi connectivity index (χ0v) is 9.75. The van der Waals surface area contributed by atoms with Crippen molar-refractivity contribution in [1.82, 2.24) is 9.78 Å². The van der Waals surface area contributed by atoms with E-state index in [9.17, 15) is 13.2 Å². The summed E-state index contributed by atoms with van der Waals surface area (Å²) in [6.45, 7) is 2.97. The minimum atomic E-state index is -1.47. The van der Waals surface area contributed by atoms with Crippen LogP contribution in [0.25, 0.3) is 0 Å². The van der Waals surface area contributed by atoms with Gasteiger partial charge in [0.15, 0.2) is 17.5 Å². The lowest BCUT2D eigenvalue weighted by atomic mass is 10.2. The Kier molecular flexibility index (Phi) is 3.55. The summed E-state index contributed by atoms with van der Waals surface area (Å²) in [6.07, 6.45) is 3.43. The van der Waals surface area contributed by atoms with Crippen LogP contribution in [0.2, 0.25) is 0 Å². The lowest BCUT2D eigenvalue weighted by Crippen LogP contribution is -2.03. The average molecular weight is 255 g/mol. The molecule has 1 aromatic carbocycles. The van der Waals surface area contributed by atoms with Crippen LogP contribution in [-0.4, -0.2) is 9.78 Å². The zero-order chi connectivity index (χ0) is 13.1. The highest BCUT2D eigenvalue weighted by molar-refractivity contribution is 5.45. The molecular weight excluding hydrogens is 243 g/mol. The van der Waals surface area contributed by atoms with Crippen LogP contribution in [0.4, 0.5) is 18.9 Å². The molecule has 0 fully saturated rings. The van der Waals surface area contributed by atoms with E-state index in [2.05, 4.69) is 10.4 Å². The Labute approximate surface area is 102 Å². The molecule has 0 aliphatic heterocycles. The third-order valence-corrected chi connectivity index (χ3v) is 2.53. The normalized spacial score (nSPS) is 10.7. The van der Waals surface area contributed by atoms with Gasteiger partial charge in [-0.2, -0.15) is 5.10 Å². The topological polar surface area (TPSA) is 29.9 Å². The number of rotatable bonds is 4. The fourth-order valence-corrected chi connectivity index (χ4v) is 1.53. The lowest BCUT2D eigenvalue weighted by molar-refractivity contribution is 0.449. The molecule has 0 atom stereocenters. The van der Waals surface area contributed by atoms with Gasteiger partial charge in [0.2, 0.25) is 0 Å². The van der Waals surface area contributed by atoms with Crippen LogP contribution in [0.3, 0.4) is 0 Å². The third-order valence-electron chi connectivity index (χ3n) is 2.53. The molecule has 0 unspecified atom stereocenters. The van der Waals surface area contributed by atoms with Crippen molar-refractivity contribution in [2.24, 2.45) is 0 Å². The summed E-state index contributed by atoms with van der Waals surface area (Å²) in [5.41, 5.74) is 0.763. The van der Waals surface area contributed by atoms with Crippen molar-refractivity contribution in [3.05, 3.63) is 47.5 Å². The summed E-state index contributed by atoms with van der Waals surface area (Å²) in [5.74, 6) is -3.88. The minimum absolute atomic E-state index is 0.0712. The summed E-state index contributed by atoms with van der Waals surface area (Å²) in [7, 11) is 0. The fraction of sp³-hybridized carbons (Fsp3) is 0.250. The Morgan fingerprint density at radius 1 is 1.22 bits per heavy atom. The van der Waals surface area contributed by atoms with Crippen molar-refractivity contribution in [1.29, 1.82) is 0 Å². The van der Waals surface area contributed by atoms with Crippen LogP contribution in [0.1, 0.15) is 12.5 Å². The van der Waals surface area contributed by atoms with Crippen LogP contribution in [0, 0.1) is 17.5 Å². The van der Waals surface area contributed by atoms with Crippen LogP contribution in [0.5, 0.6) is 0 Å². The van der Waals surface area contributed by atoms with Gasteiger partial charge in [-0.15, -0.1) is 0 Å². The van der Waals surface area contributed by atoms with Gasteiger partial charge in [0.05, 0.1) is 11.9 Å². The van der Waals surface area contributed by atoms with Gasteiger partial charge in [-0.1, -0.05) is 0 Å². The zero-order valence-electron chi connectivity index (χ0n) is 9.75. The van der Waals surface area contributed by atoms with Crippen molar-refractivity contribution in [3.8, 4) is 0 Å². The second kappa shape index (κ2) is 5.12. The van der Waals surface area contributed by atoms with Gasteiger partial charge in [-0.05, 0) is 19.1 Å².